The molecule has 166 valence electrons. The molecule has 8 nitrogen and oxygen atoms in total. The molecule has 0 amide bonds. The highest BCUT2D eigenvalue weighted by molar-refractivity contribution is 7.80. The number of nitrogens with one attached hydrogen (secondary N) is 2. The fourth-order valence-corrected chi connectivity index (χ4v) is 4.03. The van der Waals surface area contributed by atoms with Gasteiger partial charge in [-0.25, -0.2) is 14.4 Å². The molecular formula is C21H24N2O6S2. The summed E-state index contributed by atoms with van der Waals surface area (Å²) >= 11 is 6.74. The normalized spacial score (nSPS) is 10.2. The van der Waals surface area contributed by atoms with E-state index in [0.717, 1.165) is 10.4 Å². The van der Waals surface area contributed by atoms with Gasteiger partial charge < -0.3 is 24.8 Å². The van der Waals surface area contributed by atoms with Crippen LogP contribution >= 0.6 is 23.6 Å². The van der Waals surface area contributed by atoms with E-state index in [4.69, 9.17) is 26.4 Å². The van der Waals surface area contributed by atoms with Crippen molar-refractivity contribution in [2.45, 2.75) is 27.7 Å². The van der Waals surface area contributed by atoms with Crippen LogP contribution in [0.3, 0.4) is 0 Å². The van der Waals surface area contributed by atoms with Gasteiger partial charge in [0.25, 0.3) is 0 Å². The molecule has 0 fully saturated rings. The zero-order chi connectivity index (χ0) is 23.1. The molecule has 31 heavy (non-hydrogen) atoms. The van der Waals surface area contributed by atoms with E-state index in [0.29, 0.717) is 10.6 Å². The van der Waals surface area contributed by atoms with Crippen LogP contribution in [0.1, 0.15) is 55.4 Å². The standard InChI is InChI=1S/C21H24N2O6S2/c1-6-28-18(24)13-8-9-14(19(25)29-7-2)15(10-13)22-21(30)23-17-16(20(26)27-5)11(3)12(4)31-17/h8-10H,6-7H2,1-5H3,(H2,22,23,30). The number of hydrogen-bond acceptors (Lipinski definition) is 8. The van der Waals surface area contributed by atoms with Crippen LogP contribution in [-0.4, -0.2) is 43.3 Å². The third kappa shape index (κ3) is 5.80. The van der Waals surface area contributed by atoms with Gasteiger partial charge in [-0.1, -0.05) is 0 Å². The van der Waals surface area contributed by atoms with E-state index >= 15 is 0 Å². The summed E-state index contributed by atoms with van der Waals surface area (Å²) in [5.41, 5.74) is 1.90. The summed E-state index contributed by atoms with van der Waals surface area (Å²) in [6.45, 7) is 7.51. The van der Waals surface area contributed by atoms with Crippen molar-refractivity contribution in [1.29, 1.82) is 0 Å². The fourth-order valence-electron chi connectivity index (χ4n) is 2.70. The molecule has 0 aliphatic heterocycles. The number of thiocarbonyl (C=S) groups is 1. The van der Waals surface area contributed by atoms with Crippen LogP contribution in [-0.2, 0) is 14.2 Å². The Labute approximate surface area is 189 Å². The zero-order valence-electron chi connectivity index (χ0n) is 17.9. The number of thiophene rings is 1. The summed E-state index contributed by atoms with van der Waals surface area (Å²) in [6.07, 6.45) is 0. The van der Waals surface area contributed by atoms with E-state index in [9.17, 15) is 14.4 Å². The summed E-state index contributed by atoms with van der Waals surface area (Å²) in [7, 11) is 1.31. The SMILES string of the molecule is CCOC(=O)c1ccc(C(=O)OCC)c(NC(=S)Nc2sc(C)c(C)c2C(=O)OC)c1. The summed E-state index contributed by atoms with van der Waals surface area (Å²) in [4.78, 5) is 37.6. The lowest BCUT2D eigenvalue weighted by molar-refractivity contribution is 0.0512. The van der Waals surface area contributed by atoms with Crippen molar-refractivity contribution in [1.82, 2.24) is 0 Å². The first-order valence-corrected chi connectivity index (χ1v) is 10.7. The largest absolute Gasteiger partial charge is 0.465 e. The highest BCUT2D eigenvalue weighted by Gasteiger charge is 2.22. The molecule has 0 saturated carbocycles. The summed E-state index contributed by atoms with van der Waals surface area (Å²) in [5, 5.41) is 6.53. The third-order valence-electron chi connectivity index (χ3n) is 4.28. The van der Waals surface area contributed by atoms with Crippen molar-refractivity contribution in [2.75, 3.05) is 31.0 Å². The molecular weight excluding hydrogens is 440 g/mol. The Morgan fingerprint density at radius 3 is 2.26 bits per heavy atom. The molecule has 0 bridgehead atoms. The lowest BCUT2D eigenvalue weighted by Gasteiger charge is -2.15. The van der Waals surface area contributed by atoms with E-state index in [1.807, 2.05) is 13.8 Å². The maximum Gasteiger partial charge on any atom is 0.341 e. The summed E-state index contributed by atoms with van der Waals surface area (Å²) < 4.78 is 15.0. The van der Waals surface area contributed by atoms with Crippen LogP contribution in [0, 0.1) is 13.8 Å². The number of rotatable bonds is 7. The molecule has 2 N–H and O–H groups in total. The molecule has 1 aromatic carbocycles. The number of anilines is 2. The van der Waals surface area contributed by atoms with Crippen molar-refractivity contribution in [3.05, 3.63) is 45.3 Å². The Balaban J connectivity index is 2.35. The predicted molar refractivity (Wildman–Crippen MR) is 123 cm³/mol. The van der Waals surface area contributed by atoms with Crippen molar-refractivity contribution in [3.8, 4) is 0 Å². The van der Waals surface area contributed by atoms with Crippen molar-refractivity contribution in [2.24, 2.45) is 0 Å². The molecule has 0 aliphatic carbocycles. The number of carbonyl (C=O) groups excluding carboxylic acids is 3. The zero-order valence-corrected chi connectivity index (χ0v) is 19.5. The first kappa shape index (κ1) is 24.3. The van der Waals surface area contributed by atoms with Crippen molar-refractivity contribution in [3.63, 3.8) is 0 Å². The number of carbonyl (C=O) groups is 3. The van der Waals surface area contributed by atoms with Crippen molar-refractivity contribution >= 4 is 57.3 Å². The molecule has 2 rings (SSSR count). The molecule has 2 aromatic rings. The first-order valence-electron chi connectivity index (χ1n) is 9.47. The van der Waals surface area contributed by atoms with Crippen molar-refractivity contribution < 1.29 is 28.6 Å². The molecule has 1 aromatic heterocycles. The second-order valence-electron chi connectivity index (χ2n) is 6.26. The minimum absolute atomic E-state index is 0.123. The number of ether oxygens (including phenoxy) is 3. The van der Waals surface area contributed by atoms with Crippen LogP contribution in [0.25, 0.3) is 0 Å². The maximum absolute atomic E-state index is 12.3. The van der Waals surface area contributed by atoms with Gasteiger partial charge in [-0.05, 0) is 63.7 Å². The second-order valence-corrected chi connectivity index (χ2v) is 7.89. The Morgan fingerprint density at radius 2 is 1.65 bits per heavy atom. The van der Waals surface area contributed by atoms with Gasteiger partial charge in [0.05, 0.1) is 42.7 Å². The van der Waals surface area contributed by atoms with E-state index in [2.05, 4.69) is 10.6 Å². The smallest absolute Gasteiger partial charge is 0.341 e. The molecule has 1 heterocycles. The van der Waals surface area contributed by atoms with Gasteiger partial charge in [0.15, 0.2) is 5.11 Å². The molecule has 0 radical (unpaired) electrons. The third-order valence-corrected chi connectivity index (χ3v) is 5.60. The molecule has 0 atom stereocenters. The number of methoxy groups -OCH3 is 1. The number of esters is 3. The van der Waals surface area contributed by atoms with E-state index < -0.39 is 17.9 Å². The fraction of sp³-hybridized carbons (Fsp3) is 0.333. The lowest BCUT2D eigenvalue weighted by atomic mass is 10.1. The van der Waals surface area contributed by atoms with Gasteiger partial charge in [-0.3, -0.25) is 0 Å². The minimum atomic E-state index is -0.568. The molecule has 0 unspecified atom stereocenters. The first-order chi connectivity index (χ1) is 14.7. The molecule has 10 heteroatoms. The van der Waals surface area contributed by atoms with Crippen LogP contribution in [0.15, 0.2) is 18.2 Å². The molecule has 0 saturated heterocycles. The summed E-state index contributed by atoms with van der Waals surface area (Å²) in [5.74, 6) is -1.58. The van der Waals surface area contributed by atoms with Gasteiger partial charge in [-0.15, -0.1) is 11.3 Å². The number of aryl methyl sites for hydroxylation is 1. The number of hydrogen-bond donors (Lipinski definition) is 2. The van der Waals surface area contributed by atoms with Gasteiger partial charge in [0, 0.05) is 4.88 Å². The van der Waals surface area contributed by atoms with E-state index in [-0.39, 0.29) is 35.1 Å². The predicted octanol–water partition coefficient (Wildman–Crippen LogP) is 4.31. The van der Waals surface area contributed by atoms with Gasteiger partial charge in [0.1, 0.15) is 5.00 Å². The van der Waals surface area contributed by atoms with Gasteiger partial charge in [0.2, 0.25) is 0 Å². The van der Waals surface area contributed by atoms with Crippen LogP contribution < -0.4 is 10.6 Å². The van der Waals surface area contributed by atoms with E-state index in [1.54, 1.807) is 13.8 Å². The quantitative estimate of drug-likeness (QED) is 0.352. The summed E-state index contributed by atoms with van der Waals surface area (Å²) in [6, 6.07) is 4.41. The molecule has 0 spiro atoms. The van der Waals surface area contributed by atoms with Gasteiger partial charge >= 0.3 is 17.9 Å². The monoisotopic (exact) mass is 464 g/mol. The second kappa shape index (κ2) is 10.9. The Morgan fingerprint density at radius 1 is 1.00 bits per heavy atom. The Bertz CT molecular complexity index is 1020. The average Bonchev–Trinajstić information content (AvgIpc) is 3.00. The van der Waals surface area contributed by atoms with Crippen LogP contribution in [0.2, 0.25) is 0 Å². The maximum atomic E-state index is 12.3. The van der Waals surface area contributed by atoms with E-state index in [1.165, 1.54) is 36.6 Å². The Kier molecular flexibility index (Phi) is 8.52. The Hall–Kier alpha value is -2.98. The highest BCUT2D eigenvalue weighted by Crippen LogP contribution is 2.33. The average molecular weight is 465 g/mol. The van der Waals surface area contributed by atoms with Crippen LogP contribution in [0.4, 0.5) is 10.7 Å². The minimum Gasteiger partial charge on any atom is -0.465 e. The topological polar surface area (TPSA) is 103 Å². The lowest BCUT2D eigenvalue weighted by Crippen LogP contribution is -2.22. The highest BCUT2D eigenvalue weighted by atomic mass is 32.1. The number of benzene rings is 1. The van der Waals surface area contributed by atoms with Gasteiger partial charge in [-0.2, -0.15) is 0 Å². The van der Waals surface area contributed by atoms with Crippen LogP contribution in [0.5, 0.6) is 0 Å². The molecule has 0 aliphatic rings.